The summed E-state index contributed by atoms with van der Waals surface area (Å²) in [6.07, 6.45) is 3.31. The van der Waals surface area contributed by atoms with Crippen LogP contribution in [0.1, 0.15) is 0 Å². The fourth-order valence-corrected chi connectivity index (χ4v) is 4.70. The van der Waals surface area contributed by atoms with Crippen LogP contribution in [0, 0.1) is 11.6 Å². The van der Waals surface area contributed by atoms with Crippen molar-refractivity contribution in [1.29, 1.82) is 0 Å². The van der Waals surface area contributed by atoms with Gasteiger partial charge in [0.2, 0.25) is 10.0 Å². The number of nitrogens with zero attached hydrogens (tertiary/aromatic N) is 3. The quantitative estimate of drug-likeness (QED) is 0.726. The van der Waals surface area contributed by atoms with E-state index in [1.807, 2.05) is 11.0 Å². The number of hydrogen-bond donors (Lipinski definition) is 1. The number of hydrogen-bond acceptors (Lipinski definition) is 4. The van der Waals surface area contributed by atoms with Gasteiger partial charge < -0.3 is 4.90 Å². The lowest BCUT2D eigenvalue weighted by atomic mass is 10.1. The summed E-state index contributed by atoms with van der Waals surface area (Å²) in [5, 5.41) is 6.56. The normalized spacial score (nSPS) is 15.7. The summed E-state index contributed by atoms with van der Waals surface area (Å²) in [6.45, 7) is 1.18. The van der Waals surface area contributed by atoms with Gasteiger partial charge in [-0.3, -0.25) is 5.10 Å². The van der Waals surface area contributed by atoms with Crippen molar-refractivity contribution in [2.75, 3.05) is 31.1 Å². The fraction of sp³-hybridized carbons (Fsp3) is 0.211. The van der Waals surface area contributed by atoms with E-state index in [9.17, 15) is 17.2 Å². The Kier molecular flexibility index (Phi) is 4.86. The summed E-state index contributed by atoms with van der Waals surface area (Å²) >= 11 is 0. The summed E-state index contributed by atoms with van der Waals surface area (Å²) in [5.74, 6) is -0.855. The van der Waals surface area contributed by atoms with Crippen molar-refractivity contribution in [1.82, 2.24) is 14.5 Å². The van der Waals surface area contributed by atoms with Crippen molar-refractivity contribution in [3.63, 3.8) is 0 Å². The van der Waals surface area contributed by atoms with E-state index < -0.39 is 15.8 Å². The van der Waals surface area contributed by atoms with Crippen LogP contribution in [0.2, 0.25) is 0 Å². The van der Waals surface area contributed by atoms with Crippen LogP contribution in [0.3, 0.4) is 0 Å². The fourth-order valence-electron chi connectivity index (χ4n) is 3.28. The number of rotatable bonds is 4. The number of halogens is 2. The molecule has 0 aliphatic carbocycles. The topological polar surface area (TPSA) is 69.3 Å². The third-order valence-corrected chi connectivity index (χ3v) is 6.72. The molecule has 1 N–H and O–H groups in total. The molecule has 3 aromatic rings. The van der Waals surface area contributed by atoms with E-state index in [1.165, 1.54) is 22.5 Å². The molecular formula is C19H18F2N4O2S. The highest BCUT2D eigenvalue weighted by molar-refractivity contribution is 7.89. The molecule has 0 atom stereocenters. The number of aromatic nitrogens is 2. The van der Waals surface area contributed by atoms with Gasteiger partial charge in [-0.2, -0.15) is 9.40 Å². The third-order valence-electron chi connectivity index (χ3n) is 4.81. The maximum absolute atomic E-state index is 14.6. The summed E-state index contributed by atoms with van der Waals surface area (Å²) in [4.78, 5) is 1.88. The Hall–Kier alpha value is -2.78. The third kappa shape index (κ3) is 3.50. The van der Waals surface area contributed by atoms with Crippen LogP contribution in [0.15, 0.2) is 59.8 Å². The first-order valence-electron chi connectivity index (χ1n) is 8.74. The molecule has 0 radical (unpaired) electrons. The molecule has 6 nitrogen and oxygen atoms in total. The second-order valence-electron chi connectivity index (χ2n) is 6.50. The number of nitrogens with one attached hydrogen (secondary N) is 1. The minimum absolute atomic E-state index is 0.0537. The number of piperazine rings is 1. The minimum atomic E-state index is -3.70. The van der Waals surface area contributed by atoms with Crippen LogP contribution in [-0.4, -0.2) is 49.1 Å². The lowest BCUT2D eigenvalue weighted by Gasteiger charge is -2.35. The van der Waals surface area contributed by atoms with Gasteiger partial charge in [-0.05, 0) is 42.0 Å². The van der Waals surface area contributed by atoms with Crippen LogP contribution in [-0.2, 0) is 10.0 Å². The highest BCUT2D eigenvalue weighted by Crippen LogP contribution is 2.27. The van der Waals surface area contributed by atoms with Crippen molar-refractivity contribution >= 4 is 15.7 Å². The molecule has 1 aliphatic heterocycles. The van der Waals surface area contributed by atoms with Crippen LogP contribution < -0.4 is 4.90 Å². The Morgan fingerprint density at radius 1 is 0.929 bits per heavy atom. The van der Waals surface area contributed by atoms with E-state index >= 15 is 0 Å². The van der Waals surface area contributed by atoms with Gasteiger partial charge in [0.25, 0.3) is 0 Å². The van der Waals surface area contributed by atoms with Crippen molar-refractivity contribution in [2.24, 2.45) is 0 Å². The number of aromatic amines is 1. The van der Waals surface area contributed by atoms with Gasteiger partial charge in [0.15, 0.2) is 0 Å². The minimum Gasteiger partial charge on any atom is -0.367 e. The molecule has 1 fully saturated rings. The number of sulfonamides is 1. The second-order valence-corrected chi connectivity index (χ2v) is 8.44. The summed E-state index contributed by atoms with van der Waals surface area (Å²) in [6, 6.07) is 9.71. The molecule has 1 aliphatic rings. The Morgan fingerprint density at radius 2 is 1.64 bits per heavy atom. The van der Waals surface area contributed by atoms with Crippen LogP contribution in [0.4, 0.5) is 14.5 Å². The SMILES string of the molecule is O=S(=O)(c1ccc(F)cc1)N1CCN(c2ccc(-c3cn[nH]c3)cc2F)CC1. The average Bonchev–Trinajstić information content (AvgIpc) is 3.23. The van der Waals surface area contributed by atoms with Crippen molar-refractivity contribution < 1.29 is 17.2 Å². The standard InChI is InChI=1S/C19H18F2N4O2S/c20-16-2-4-17(5-3-16)28(26,27)25-9-7-24(8-10-25)19-6-1-14(11-18(19)21)15-12-22-23-13-15/h1-6,11-13H,7-10H2,(H,22,23). The second kappa shape index (κ2) is 7.33. The zero-order valence-electron chi connectivity index (χ0n) is 14.8. The summed E-state index contributed by atoms with van der Waals surface area (Å²) < 4.78 is 54.4. The molecule has 0 spiro atoms. The van der Waals surface area contributed by atoms with Crippen molar-refractivity contribution in [2.45, 2.75) is 4.90 Å². The Bertz CT molecular complexity index is 1060. The average molecular weight is 404 g/mol. The first-order chi connectivity index (χ1) is 13.4. The van der Waals surface area contributed by atoms with Gasteiger partial charge in [-0.1, -0.05) is 6.07 Å². The first-order valence-corrected chi connectivity index (χ1v) is 10.2. The van der Waals surface area contributed by atoms with E-state index in [2.05, 4.69) is 10.2 Å². The highest BCUT2D eigenvalue weighted by atomic mass is 32.2. The monoisotopic (exact) mass is 404 g/mol. The molecule has 2 aromatic carbocycles. The molecule has 9 heteroatoms. The predicted molar refractivity (Wildman–Crippen MR) is 101 cm³/mol. The maximum atomic E-state index is 14.6. The van der Waals surface area contributed by atoms with Crippen molar-refractivity contribution in [3.8, 4) is 11.1 Å². The van der Waals surface area contributed by atoms with Crippen molar-refractivity contribution in [3.05, 3.63) is 66.5 Å². The lowest BCUT2D eigenvalue weighted by Crippen LogP contribution is -2.48. The van der Waals surface area contributed by atoms with Gasteiger partial charge >= 0.3 is 0 Å². The van der Waals surface area contributed by atoms with Gasteiger partial charge in [0.1, 0.15) is 11.6 Å². The zero-order chi connectivity index (χ0) is 19.7. The molecule has 2 heterocycles. The lowest BCUT2D eigenvalue weighted by molar-refractivity contribution is 0.383. The van der Waals surface area contributed by atoms with E-state index in [1.54, 1.807) is 18.5 Å². The first kappa shape index (κ1) is 18.6. The van der Waals surface area contributed by atoms with E-state index in [-0.39, 0.29) is 23.8 Å². The summed E-state index contributed by atoms with van der Waals surface area (Å²) in [5.41, 5.74) is 1.94. The molecule has 0 saturated carbocycles. The Morgan fingerprint density at radius 3 is 2.25 bits per heavy atom. The van der Waals surface area contributed by atoms with Crippen LogP contribution in [0.25, 0.3) is 11.1 Å². The molecule has 28 heavy (non-hydrogen) atoms. The maximum Gasteiger partial charge on any atom is 0.243 e. The predicted octanol–water partition coefficient (Wildman–Crippen LogP) is 2.87. The number of benzene rings is 2. The Balaban J connectivity index is 1.47. The molecule has 0 amide bonds. The van der Waals surface area contributed by atoms with E-state index in [4.69, 9.17) is 0 Å². The van der Waals surface area contributed by atoms with Crippen LogP contribution >= 0.6 is 0 Å². The number of H-pyrrole nitrogens is 1. The Labute approximate surface area is 161 Å². The van der Waals surface area contributed by atoms with Gasteiger partial charge in [-0.15, -0.1) is 0 Å². The van der Waals surface area contributed by atoms with Crippen LogP contribution in [0.5, 0.6) is 0 Å². The molecule has 1 saturated heterocycles. The largest absolute Gasteiger partial charge is 0.367 e. The smallest absolute Gasteiger partial charge is 0.243 e. The highest BCUT2D eigenvalue weighted by Gasteiger charge is 2.29. The molecular weight excluding hydrogens is 386 g/mol. The molecule has 4 rings (SSSR count). The van der Waals surface area contributed by atoms with Gasteiger partial charge in [-0.25, -0.2) is 17.2 Å². The zero-order valence-corrected chi connectivity index (χ0v) is 15.7. The van der Waals surface area contributed by atoms with E-state index in [0.717, 1.165) is 17.7 Å². The van der Waals surface area contributed by atoms with E-state index in [0.29, 0.717) is 24.3 Å². The van der Waals surface area contributed by atoms with Gasteiger partial charge in [0.05, 0.1) is 16.8 Å². The summed E-state index contributed by atoms with van der Waals surface area (Å²) in [7, 11) is -3.70. The number of anilines is 1. The molecule has 0 unspecified atom stereocenters. The molecule has 0 bridgehead atoms. The molecule has 1 aromatic heterocycles. The molecule has 146 valence electrons. The van der Waals surface area contributed by atoms with Gasteiger partial charge in [0, 0.05) is 37.9 Å².